The molecule has 0 amide bonds. The highest BCUT2D eigenvalue weighted by Gasteiger charge is 2.24. The molecular weight excluding hydrogens is 268 g/mol. The molecule has 0 radical (unpaired) electrons. The fourth-order valence-electron chi connectivity index (χ4n) is 2.06. The number of epoxide rings is 1. The van der Waals surface area contributed by atoms with Gasteiger partial charge in [-0.2, -0.15) is 0 Å². The van der Waals surface area contributed by atoms with Gasteiger partial charge in [-0.25, -0.2) is 4.79 Å². The second-order valence-electron chi connectivity index (χ2n) is 5.15. The Bertz CT molecular complexity index is 518. The highest BCUT2D eigenvalue weighted by Crippen LogP contribution is 2.25. The van der Waals surface area contributed by atoms with E-state index in [-0.39, 0.29) is 18.2 Å². The van der Waals surface area contributed by atoms with Gasteiger partial charge in [0.15, 0.2) is 0 Å². The molecule has 4 nitrogen and oxygen atoms in total. The van der Waals surface area contributed by atoms with Crippen molar-refractivity contribution in [2.45, 2.75) is 33.0 Å². The molecule has 1 aromatic rings. The van der Waals surface area contributed by atoms with E-state index in [1.54, 1.807) is 13.0 Å². The van der Waals surface area contributed by atoms with Crippen molar-refractivity contribution in [2.75, 3.05) is 19.8 Å². The van der Waals surface area contributed by atoms with E-state index in [1.807, 2.05) is 32.0 Å². The average Bonchev–Trinajstić information content (AvgIpc) is 3.27. The molecule has 0 saturated carbocycles. The minimum atomic E-state index is -0.329. The Kier molecular flexibility index (Phi) is 5.53. The third-order valence-electron chi connectivity index (χ3n) is 3.30. The molecule has 1 aliphatic heterocycles. The van der Waals surface area contributed by atoms with Crippen molar-refractivity contribution in [3.05, 3.63) is 41.0 Å². The largest absolute Gasteiger partial charge is 0.463 e. The van der Waals surface area contributed by atoms with Crippen LogP contribution >= 0.6 is 0 Å². The number of rotatable bonds is 7. The summed E-state index contributed by atoms with van der Waals surface area (Å²) in [6, 6.07) is 6.13. The van der Waals surface area contributed by atoms with Gasteiger partial charge in [0.25, 0.3) is 0 Å². The molecule has 21 heavy (non-hydrogen) atoms. The minimum Gasteiger partial charge on any atom is -0.463 e. The SMILES string of the molecule is CCOC(=O)/C=C/c1cc(C)ccc1[C@@H](C)OC[C@H]1CO1. The summed E-state index contributed by atoms with van der Waals surface area (Å²) in [5.41, 5.74) is 3.18. The van der Waals surface area contributed by atoms with Gasteiger partial charge < -0.3 is 14.2 Å². The fourth-order valence-corrected chi connectivity index (χ4v) is 2.06. The average molecular weight is 290 g/mol. The van der Waals surface area contributed by atoms with Crippen LogP contribution in [-0.4, -0.2) is 31.9 Å². The number of carbonyl (C=O) groups is 1. The van der Waals surface area contributed by atoms with E-state index in [2.05, 4.69) is 0 Å². The lowest BCUT2D eigenvalue weighted by Gasteiger charge is -2.16. The Labute approximate surface area is 125 Å². The molecule has 0 unspecified atom stereocenters. The lowest BCUT2D eigenvalue weighted by molar-refractivity contribution is -0.137. The zero-order chi connectivity index (χ0) is 15.2. The van der Waals surface area contributed by atoms with E-state index in [1.165, 1.54) is 6.08 Å². The first-order chi connectivity index (χ1) is 10.1. The molecule has 4 heteroatoms. The van der Waals surface area contributed by atoms with Crippen LogP contribution < -0.4 is 0 Å². The molecule has 1 heterocycles. The van der Waals surface area contributed by atoms with Crippen LogP contribution in [0.25, 0.3) is 6.08 Å². The topological polar surface area (TPSA) is 48.1 Å². The smallest absolute Gasteiger partial charge is 0.330 e. The predicted molar refractivity (Wildman–Crippen MR) is 81.0 cm³/mol. The second kappa shape index (κ2) is 7.38. The van der Waals surface area contributed by atoms with E-state index >= 15 is 0 Å². The molecule has 2 rings (SSSR count). The molecule has 1 aliphatic rings. The van der Waals surface area contributed by atoms with Gasteiger partial charge in [0.05, 0.1) is 25.9 Å². The van der Waals surface area contributed by atoms with Gasteiger partial charge in [-0.1, -0.05) is 23.8 Å². The van der Waals surface area contributed by atoms with Gasteiger partial charge in [-0.3, -0.25) is 0 Å². The van der Waals surface area contributed by atoms with E-state index in [0.717, 1.165) is 23.3 Å². The van der Waals surface area contributed by atoms with Gasteiger partial charge in [-0.15, -0.1) is 0 Å². The fraction of sp³-hybridized carbons (Fsp3) is 0.471. The first kappa shape index (κ1) is 15.7. The lowest BCUT2D eigenvalue weighted by Crippen LogP contribution is -2.07. The van der Waals surface area contributed by atoms with Crippen LogP contribution in [0.5, 0.6) is 0 Å². The Morgan fingerprint density at radius 2 is 2.29 bits per heavy atom. The molecule has 1 fully saturated rings. The third kappa shape index (κ3) is 4.99. The molecule has 0 aromatic heterocycles. The summed E-state index contributed by atoms with van der Waals surface area (Å²) in [5, 5.41) is 0. The van der Waals surface area contributed by atoms with E-state index in [9.17, 15) is 4.79 Å². The highest BCUT2D eigenvalue weighted by atomic mass is 16.6. The summed E-state index contributed by atoms with van der Waals surface area (Å²) in [4.78, 5) is 11.4. The molecule has 0 aliphatic carbocycles. The van der Waals surface area contributed by atoms with Crippen molar-refractivity contribution >= 4 is 12.0 Å². The zero-order valence-electron chi connectivity index (χ0n) is 12.8. The maximum Gasteiger partial charge on any atom is 0.330 e. The second-order valence-corrected chi connectivity index (χ2v) is 5.15. The summed E-state index contributed by atoms with van der Waals surface area (Å²) in [6.45, 7) is 7.60. The number of ether oxygens (including phenoxy) is 3. The van der Waals surface area contributed by atoms with Crippen molar-refractivity contribution in [2.24, 2.45) is 0 Å². The van der Waals surface area contributed by atoms with Gasteiger partial charge in [0.2, 0.25) is 0 Å². The monoisotopic (exact) mass is 290 g/mol. The number of benzene rings is 1. The number of hydrogen-bond acceptors (Lipinski definition) is 4. The van der Waals surface area contributed by atoms with Crippen LogP contribution in [0.4, 0.5) is 0 Å². The minimum absolute atomic E-state index is 0.0448. The number of esters is 1. The molecule has 2 atom stereocenters. The van der Waals surface area contributed by atoms with Crippen molar-refractivity contribution in [3.63, 3.8) is 0 Å². The van der Waals surface area contributed by atoms with E-state index in [4.69, 9.17) is 14.2 Å². The van der Waals surface area contributed by atoms with Crippen LogP contribution in [0.3, 0.4) is 0 Å². The van der Waals surface area contributed by atoms with E-state index in [0.29, 0.717) is 13.2 Å². The highest BCUT2D eigenvalue weighted by molar-refractivity contribution is 5.87. The Balaban J connectivity index is 2.09. The first-order valence-electron chi connectivity index (χ1n) is 7.28. The molecule has 1 aromatic carbocycles. The maximum absolute atomic E-state index is 11.4. The lowest BCUT2D eigenvalue weighted by atomic mass is 10.00. The summed E-state index contributed by atoms with van der Waals surface area (Å²) in [7, 11) is 0. The quantitative estimate of drug-likeness (QED) is 0.440. The summed E-state index contributed by atoms with van der Waals surface area (Å²) < 4.78 is 15.9. The molecule has 0 bridgehead atoms. The Hall–Kier alpha value is -1.65. The molecule has 0 spiro atoms. The number of carbonyl (C=O) groups excluding carboxylic acids is 1. The Morgan fingerprint density at radius 1 is 1.52 bits per heavy atom. The van der Waals surface area contributed by atoms with Crippen LogP contribution in [0.15, 0.2) is 24.3 Å². The van der Waals surface area contributed by atoms with Crippen LogP contribution in [-0.2, 0) is 19.0 Å². The van der Waals surface area contributed by atoms with Gasteiger partial charge in [0, 0.05) is 6.08 Å². The molecular formula is C17H22O4. The number of hydrogen-bond donors (Lipinski definition) is 0. The van der Waals surface area contributed by atoms with Crippen molar-refractivity contribution in [1.29, 1.82) is 0 Å². The van der Waals surface area contributed by atoms with Crippen molar-refractivity contribution in [1.82, 2.24) is 0 Å². The van der Waals surface area contributed by atoms with Gasteiger partial charge >= 0.3 is 5.97 Å². The van der Waals surface area contributed by atoms with Crippen molar-refractivity contribution in [3.8, 4) is 0 Å². The molecule has 114 valence electrons. The summed E-state index contributed by atoms with van der Waals surface area (Å²) in [6.07, 6.45) is 3.44. The van der Waals surface area contributed by atoms with E-state index < -0.39 is 0 Å². The summed E-state index contributed by atoms with van der Waals surface area (Å²) in [5.74, 6) is -0.329. The Morgan fingerprint density at radius 3 is 2.95 bits per heavy atom. The molecule has 1 saturated heterocycles. The summed E-state index contributed by atoms with van der Waals surface area (Å²) >= 11 is 0. The zero-order valence-corrected chi connectivity index (χ0v) is 12.8. The van der Waals surface area contributed by atoms with Gasteiger partial charge in [0.1, 0.15) is 6.10 Å². The standard InChI is InChI=1S/C17H22O4/c1-4-19-17(18)8-6-14-9-12(2)5-7-16(14)13(3)20-10-15-11-21-15/h5-9,13,15H,4,10-11H2,1-3H3/b8-6+/t13-,15+/m1/s1. The van der Waals surface area contributed by atoms with Crippen molar-refractivity contribution < 1.29 is 19.0 Å². The predicted octanol–water partition coefficient (Wildman–Crippen LogP) is 3.05. The number of aryl methyl sites for hydroxylation is 1. The first-order valence-corrected chi connectivity index (χ1v) is 7.28. The third-order valence-corrected chi connectivity index (χ3v) is 3.30. The van der Waals surface area contributed by atoms with Crippen LogP contribution in [0.2, 0.25) is 0 Å². The molecule has 0 N–H and O–H groups in total. The van der Waals surface area contributed by atoms with Crippen LogP contribution in [0, 0.1) is 6.92 Å². The maximum atomic E-state index is 11.4. The van der Waals surface area contributed by atoms with Gasteiger partial charge in [-0.05, 0) is 38.0 Å². The normalized spacial score (nSPS) is 18.7. The van der Waals surface area contributed by atoms with Crippen LogP contribution in [0.1, 0.15) is 36.6 Å².